The zero-order valence-electron chi connectivity index (χ0n) is 24.4. The first-order valence-corrected chi connectivity index (χ1v) is 15.3. The highest BCUT2D eigenvalue weighted by Gasteiger charge is 2.49. The molecule has 4 amide bonds. The lowest BCUT2D eigenvalue weighted by molar-refractivity contribution is -0.122. The topological polar surface area (TPSA) is 107 Å². The molecule has 0 radical (unpaired) electrons. The van der Waals surface area contributed by atoms with Gasteiger partial charge in [0.2, 0.25) is 5.54 Å². The number of nitrogens with one attached hydrogen (secondary N) is 2. The number of fused-ring (bicyclic) bond motifs is 1. The molecule has 2 aromatic carbocycles. The molecule has 3 atom stereocenters. The highest BCUT2D eigenvalue weighted by molar-refractivity contribution is 6.10. The van der Waals surface area contributed by atoms with Crippen LogP contribution < -0.4 is 15.4 Å². The van der Waals surface area contributed by atoms with Gasteiger partial charge in [-0.1, -0.05) is 49.3 Å². The molecule has 10 heteroatoms. The molecule has 1 saturated carbocycles. The van der Waals surface area contributed by atoms with E-state index in [9.17, 15) is 14.4 Å². The maximum absolute atomic E-state index is 13.2. The third kappa shape index (κ3) is 5.49. The Balaban J connectivity index is 0.996. The third-order valence-electron chi connectivity index (χ3n) is 9.49. The molecule has 10 nitrogen and oxygen atoms in total. The van der Waals surface area contributed by atoms with Crippen molar-refractivity contribution in [3.05, 3.63) is 64.7 Å². The molecule has 3 saturated heterocycles. The van der Waals surface area contributed by atoms with Crippen molar-refractivity contribution in [2.24, 2.45) is 0 Å². The summed E-state index contributed by atoms with van der Waals surface area (Å²) in [6.45, 7) is 4.54. The van der Waals surface area contributed by atoms with Crippen molar-refractivity contribution in [3.8, 4) is 17.6 Å². The molecule has 5 aliphatic rings. The summed E-state index contributed by atoms with van der Waals surface area (Å²) in [4.78, 5) is 45.0. The van der Waals surface area contributed by atoms with E-state index in [1.165, 1.54) is 37.0 Å². The number of urea groups is 1. The highest BCUT2D eigenvalue weighted by Crippen LogP contribution is 2.41. The van der Waals surface area contributed by atoms with Gasteiger partial charge < -0.3 is 19.7 Å². The Morgan fingerprint density at radius 1 is 0.977 bits per heavy atom. The number of amides is 4. The number of nitrogens with zero attached hydrogens (tertiary/aromatic N) is 3. The van der Waals surface area contributed by atoms with Crippen molar-refractivity contribution in [2.75, 3.05) is 39.8 Å². The average molecular weight is 584 g/mol. The minimum Gasteiger partial charge on any atom is -0.497 e. The quantitative estimate of drug-likeness (QED) is 0.306. The van der Waals surface area contributed by atoms with Crippen LogP contribution in [0.5, 0.6) is 5.75 Å². The first kappa shape index (κ1) is 27.9. The molecule has 2 N–H and O–H groups in total. The number of carbonyl (C=O) groups is 3. The fourth-order valence-corrected chi connectivity index (χ4v) is 6.98. The van der Waals surface area contributed by atoms with Crippen LogP contribution in [0.15, 0.2) is 42.5 Å². The Bertz CT molecular complexity index is 1490. The number of epoxide rings is 1. The molecule has 0 spiro atoms. The first-order chi connectivity index (χ1) is 20.9. The Morgan fingerprint density at radius 3 is 2.42 bits per heavy atom. The van der Waals surface area contributed by atoms with Crippen molar-refractivity contribution in [3.63, 3.8) is 0 Å². The van der Waals surface area contributed by atoms with Gasteiger partial charge >= 0.3 is 6.03 Å². The Kier molecular flexibility index (Phi) is 7.33. The van der Waals surface area contributed by atoms with Gasteiger partial charge in [0.25, 0.3) is 11.8 Å². The number of methoxy groups -OCH3 is 1. The fraction of sp³-hybridized carbons (Fsp3) is 0.485. The zero-order valence-corrected chi connectivity index (χ0v) is 24.4. The molecule has 224 valence electrons. The number of carbonyl (C=O) groups excluding carboxylic acids is 3. The normalized spacial score (nSPS) is 27.7. The lowest BCUT2D eigenvalue weighted by Gasteiger charge is -2.40. The molecular weight excluding hydrogens is 546 g/mol. The van der Waals surface area contributed by atoms with Crippen LogP contribution in [-0.2, 0) is 16.1 Å². The third-order valence-corrected chi connectivity index (χ3v) is 9.49. The number of ether oxygens (including phenoxy) is 2. The van der Waals surface area contributed by atoms with Crippen molar-refractivity contribution in [1.82, 2.24) is 25.3 Å². The van der Waals surface area contributed by atoms with E-state index in [0.29, 0.717) is 23.4 Å². The molecule has 7 rings (SSSR count). The SMILES string of the molecule is COc1ccc2c(c1)C(=O)N(C[C@@]1(C#Cc3ccc(C4OC4N4CCN(C5CCCCC5)CC4)cc3)NC(=O)NC1=O)C2. The van der Waals surface area contributed by atoms with Crippen LogP contribution in [0.3, 0.4) is 0 Å². The van der Waals surface area contributed by atoms with Crippen LogP contribution in [0, 0.1) is 11.8 Å². The largest absolute Gasteiger partial charge is 0.497 e. The predicted octanol–water partition coefficient (Wildman–Crippen LogP) is 2.63. The molecule has 4 fully saturated rings. The Hall–Kier alpha value is -3.91. The number of hydrogen-bond acceptors (Lipinski definition) is 7. The molecule has 2 unspecified atom stereocenters. The number of hydrogen-bond donors (Lipinski definition) is 2. The molecule has 0 bridgehead atoms. The molecule has 1 aliphatic carbocycles. The minimum absolute atomic E-state index is 0.0518. The van der Waals surface area contributed by atoms with Gasteiger partial charge in [0.05, 0.1) is 13.7 Å². The van der Waals surface area contributed by atoms with Crippen molar-refractivity contribution in [2.45, 2.75) is 62.6 Å². The van der Waals surface area contributed by atoms with Gasteiger partial charge in [0.1, 0.15) is 18.1 Å². The highest BCUT2D eigenvalue weighted by atomic mass is 16.6. The van der Waals surface area contributed by atoms with E-state index in [4.69, 9.17) is 9.47 Å². The molecule has 0 aromatic heterocycles. The average Bonchev–Trinajstić information content (AvgIpc) is 3.71. The van der Waals surface area contributed by atoms with Gasteiger partial charge in [-0.25, -0.2) is 4.79 Å². The smallest absolute Gasteiger partial charge is 0.323 e. The molecule has 2 aromatic rings. The summed E-state index contributed by atoms with van der Waals surface area (Å²) in [5, 5.41) is 4.96. The van der Waals surface area contributed by atoms with E-state index in [1.807, 2.05) is 30.3 Å². The number of benzene rings is 2. The van der Waals surface area contributed by atoms with Crippen molar-refractivity contribution in [1.29, 1.82) is 0 Å². The van der Waals surface area contributed by atoms with Crippen LogP contribution in [0.25, 0.3) is 0 Å². The van der Waals surface area contributed by atoms with E-state index in [1.54, 1.807) is 19.2 Å². The lowest BCUT2D eigenvalue weighted by Crippen LogP contribution is -2.54. The van der Waals surface area contributed by atoms with Gasteiger partial charge in [0, 0.05) is 49.9 Å². The van der Waals surface area contributed by atoms with Gasteiger partial charge in [0.15, 0.2) is 0 Å². The molecule has 4 heterocycles. The lowest BCUT2D eigenvalue weighted by atomic mass is 9.94. The minimum atomic E-state index is -1.55. The van der Waals surface area contributed by atoms with Crippen LogP contribution in [-0.4, -0.2) is 90.2 Å². The van der Waals surface area contributed by atoms with Gasteiger partial charge in [-0.2, -0.15) is 0 Å². The second kappa shape index (κ2) is 11.3. The van der Waals surface area contributed by atoms with E-state index in [2.05, 4.69) is 32.3 Å². The zero-order chi connectivity index (χ0) is 29.6. The Labute approximate surface area is 251 Å². The van der Waals surface area contributed by atoms with E-state index < -0.39 is 17.5 Å². The van der Waals surface area contributed by atoms with E-state index in [0.717, 1.165) is 43.3 Å². The standard InChI is InChI=1S/C33H37N5O5/c1-42-26-12-11-24-20-38(29(39)27(24)19-26)21-33(31(40)34-32(41)35-33)14-13-22-7-9-23(10-8-22)28-30(43-28)37-17-15-36(16-18-37)25-5-3-2-4-6-25/h7-12,19,25,28,30H,2-6,15-18,20-21H2,1H3,(H2,34,35,40,41)/t28?,30?,33-/m1/s1. The maximum Gasteiger partial charge on any atom is 0.323 e. The molecular formula is C33H37N5O5. The second-order valence-corrected chi connectivity index (χ2v) is 12.2. The molecule has 43 heavy (non-hydrogen) atoms. The van der Waals surface area contributed by atoms with Crippen molar-refractivity contribution >= 4 is 17.8 Å². The monoisotopic (exact) mass is 583 g/mol. The van der Waals surface area contributed by atoms with Crippen molar-refractivity contribution < 1.29 is 23.9 Å². The summed E-state index contributed by atoms with van der Waals surface area (Å²) in [6, 6.07) is 13.3. The summed E-state index contributed by atoms with van der Waals surface area (Å²) in [5.41, 5.74) is 1.61. The molecule has 4 aliphatic heterocycles. The summed E-state index contributed by atoms with van der Waals surface area (Å²) >= 11 is 0. The Morgan fingerprint density at radius 2 is 1.72 bits per heavy atom. The summed E-state index contributed by atoms with van der Waals surface area (Å²) in [5.74, 6) is 5.83. The fourth-order valence-electron chi connectivity index (χ4n) is 6.98. The summed E-state index contributed by atoms with van der Waals surface area (Å²) < 4.78 is 11.4. The van der Waals surface area contributed by atoms with Crippen LogP contribution >= 0.6 is 0 Å². The van der Waals surface area contributed by atoms with Crippen LogP contribution in [0.4, 0.5) is 4.79 Å². The first-order valence-electron chi connectivity index (χ1n) is 15.3. The summed E-state index contributed by atoms with van der Waals surface area (Å²) in [6.07, 6.45) is 6.97. The van der Waals surface area contributed by atoms with Gasteiger partial charge in [-0.05, 0) is 48.2 Å². The maximum atomic E-state index is 13.2. The van der Waals surface area contributed by atoms with E-state index >= 15 is 0 Å². The van der Waals surface area contributed by atoms with Crippen LogP contribution in [0.2, 0.25) is 0 Å². The number of imide groups is 1. The predicted molar refractivity (Wildman–Crippen MR) is 158 cm³/mol. The van der Waals surface area contributed by atoms with Gasteiger partial charge in [-0.3, -0.25) is 24.7 Å². The van der Waals surface area contributed by atoms with Crippen LogP contribution in [0.1, 0.15) is 65.3 Å². The number of rotatable bonds is 6. The van der Waals surface area contributed by atoms with Gasteiger partial charge in [-0.15, -0.1) is 0 Å². The summed E-state index contributed by atoms with van der Waals surface area (Å²) in [7, 11) is 1.55. The number of piperazine rings is 1. The van der Waals surface area contributed by atoms with E-state index in [-0.39, 0.29) is 24.8 Å². The second-order valence-electron chi connectivity index (χ2n) is 12.2.